The van der Waals surface area contributed by atoms with Gasteiger partial charge in [-0.25, -0.2) is 0 Å². The number of nitro groups is 1. The monoisotopic (exact) mass is 294 g/mol. The number of aliphatic carboxylic acids is 1. The number of benzene rings is 1. The van der Waals surface area contributed by atoms with Crippen LogP contribution in [0.5, 0.6) is 5.75 Å². The molecule has 0 bridgehead atoms. The fraction of sp³-hybridized carbons (Fsp3) is 0.500. The van der Waals surface area contributed by atoms with Crippen LogP contribution in [0.3, 0.4) is 0 Å². The summed E-state index contributed by atoms with van der Waals surface area (Å²) in [6.45, 7) is 3.65. The molecule has 1 N–H and O–H groups in total. The number of rotatable bonds is 7. The molecule has 1 aliphatic rings. The second-order valence-corrected chi connectivity index (χ2v) is 5.13. The lowest BCUT2D eigenvalue weighted by molar-refractivity contribution is -0.385. The van der Waals surface area contributed by atoms with Crippen LogP contribution in [0.25, 0.3) is 0 Å². The van der Waals surface area contributed by atoms with Crippen LogP contribution in [0.1, 0.15) is 19.8 Å². The van der Waals surface area contributed by atoms with Crippen molar-refractivity contribution in [1.29, 1.82) is 0 Å². The molecular formula is C14H18N2O5. The Balaban J connectivity index is 2.08. The number of carboxylic acids is 1. The summed E-state index contributed by atoms with van der Waals surface area (Å²) in [7, 11) is 0. The van der Waals surface area contributed by atoms with E-state index >= 15 is 0 Å². The van der Waals surface area contributed by atoms with Crippen LogP contribution in [0.15, 0.2) is 18.2 Å². The Kier molecular flexibility index (Phi) is 4.62. The third-order valence-electron chi connectivity index (χ3n) is 3.39. The van der Waals surface area contributed by atoms with Gasteiger partial charge in [-0.3, -0.25) is 14.9 Å². The molecule has 0 radical (unpaired) electrons. The van der Waals surface area contributed by atoms with Gasteiger partial charge in [-0.15, -0.1) is 0 Å². The topological polar surface area (TPSA) is 92.9 Å². The van der Waals surface area contributed by atoms with E-state index in [9.17, 15) is 14.9 Å². The van der Waals surface area contributed by atoms with Gasteiger partial charge in [0.1, 0.15) is 0 Å². The van der Waals surface area contributed by atoms with Gasteiger partial charge in [-0.2, -0.15) is 0 Å². The molecule has 0 spiro atoms. The molecule has 21 heavy (non-hydrogen) atoms. The van der Waals surface area contributed by atoms with Crippen LogP contribution in [0.4, 0.5) is 11.4 Å². The van der Waals surface area contributed by atoms with Crippen molar-refractivity contribution in [2.75, 3.05) is 24.6 Å². The van der Waals surface area contributed by atoms with Crippen LogP contribution in [-0.4, -0.2) is 35.7 Å². The Morgan fingerprint density at radius 1 is 1.52 bits per heavy atom. The molecule has 0 saturated carbocycles. The molecular weight excluding hydrogens is 276 g/mol. The number of carboxylic acid groups (broad SMARTS) is 1. The first kappa shape index (κ1) is 15.1. The molecule has 2 rings (SSSR count). The van der Waals surface area contributed by atoms with Gasteiger partial charge in [-0.1, -0.05) is 6.92 Å². The molecule has 1 aliphatic heterocycles. The Labute approximate surface area is 122 Å². The molecule has 1 aromatic rings. The van der Waals surface area contributed by atoms with E-state index in [4.69, 9.17) is 9.84 Å². The zero-order chi connectivity index (χ0) is 15.4. The fourth-order valence-corrected chi connectivity index (χ4v) is 2.33. The van der Waals surface area contributed by atoms with Crippen molar-refractivity contribution < 1.29 is 19.6 Å². The number of hydrogen-bond donors (Lipinski definition) is 1. The molecule has 0 aromatic heterocycles. The summed E-state index contributed by atoms with van der Waals surface area (Å²) in [6, 6.07) is 4.77. The predicted octanol–water partition coefficient (Wildman–Crippen LogP) is 2.29. The number of nitro benzene ring substituents is 1. The molecule has 0 aliphatic carbocycles. The highest BCUT2D eigenvalue weighted by Gasteiger charge is 2.29. The molecule has 114 valence electrons. The Morgan fingerprint density at radius 3 is 2.81 bits per heavy atom. The second kappa shape index (κ2) is 6.43. The predicted molar refractivity (Wildman–Crippen MR) is 76.8 cm³/mol. The molecule has 0 amide bonds. The summed E-state index contributed by atoms with van der Waals surface area (Å²) in [5.41, 5.74) is 0.781. The molecule has 1 heterocycles. The molecule has 0 atom stereocenters. The average molecular weight is 294 g/mol. The number of hydrogen-bond acceptors (Lipinski definition) is 5. The second-order valence-electron chi connectivity index (χ2n) is 5.13. The van der Waals surface area contributed by atoms with Gasteiger partial charge in [-0.05, 0) is 12.5 Å². The van der Waals surface area contributed by atoms with E-state index in [0.717, 1.165) is 12.1 Å². The largest absolute Gasteiger partial charge is 0.487 e. The van der Waals surface area contributed by atoms with E-state index in [1.54, 1.807) is 12.1 Å². The van der Waals surface area contributed by atoms with Crippen LogP contribution in [-0.2, 0) is 4.79 Å². The number of nitrogens with zero attached hydrogens (tertiary/aromatic N) is 2. The van der Waals surface area contributed by atoms with Crippen molar-refractivity contribution >= 4 is 17.3 Å². The molecule has 0 unspecified atom stereocenters. The Hall–Kier alpha value is -2.31. The van der Waals surface area contributed by atoms with Crippen LogP contribution < -0.4 is 9.64 Å². The van der Waals surface area contributed by atoms with E-state index in [1.165, 1.54) is 6.07 Å². The third-order valence-corrected chi connectivity index (χ3v) is 3.39. The zero-order valence-electron chi connectivity index (χ0n) is 11.8. The van der Waals surface area contributed by atoms with Crippen LogP contribution in [0.2, 0.25) is 0 Å². The highest BCUT2D eigenvalue weighted by atomic mass is 16.6. The molecule has 1 saturated heterocycles. The van der Waals surface area contributed by atoms with Crippen molar-refractivity contribution in [2.45, 2.75) is 19.8 Å². The fourth-order valence-electron chi connectivity index (χ4n) is 2.33. The SMILES string of the molecule is CCCOc1cc(N2CC(CC(=O)O)C2)ccc1[N+](=O)[O-]. The van der Waals surface area contributed by atoms with Gasteiger partial charge in [0.15, 0.2) is 5.75 Å². The first-order valence-electron chi connectivity index (χ1n) is 6.89. The van der Waals surface area contributed by atoms with Crippen molar-refractivity contribution in [1.82, 2.24) is 0 Å². The minimum absolute atomic E-state index is 0.0465. The quantitative estimate of drug-likeness (QED) is 0.612. The summed E-state index contributed by atoms with van der Waals surface area (Å²) in [5, 5.41) is 19.7. The number of ether oxygens (including phenoxy) is 1. The Bertz CT molecular complexity index is 540. The smallest absolute Gasteiger partial charge is 0.311 e. The number of anilines is 1. The lowest BCUT2D eigenvalue weighted by atomic mass is 9.95. The minimum atomic E-state index is -0.796. The van der Waals surface area contributed by atoms with E-state index in [0.29, 0.717) is 19.7 Å². The van der Waals surface area contributed by atoms with Gasteiger partial charge in [0.25, 0.3) is 0 Å². The van der Waals surface area contributed by atoms with Crippen molar-refractivity contribution in [3.05, 3.63) is 28.3 Å². The lowest BCUT2D eigenvalue weighted by Crippen LogP contribution is -2.47. The summed E-state index contributed by atoms with van der Waals surface area (Å²) in [4.78, 5) is 23.1. The van der Waals surface area contributed by atoms with Crippen LogP contribution in [0, 0.1) is 16.0 Å². The maximum Gasteiger partial charge on any atom is 0.311 e. The molecule has 7 nitrogen and oxygen atoms in total. The maximum atomic E-state index is 11.0. The minimum Gasteiger partial charge on any atom is -0.487 e. The first-order valence-corrected chi connectivity index (χ1v) is 6.89. The maximum absolute atomic E-state index is 11.0. The zero-order valence-corrected chi connectivity index (χ0v) is 11.8. The van der Waals surface area contributed by atoms with Gasteiger partial charge in [0.2, 0.25) is 0 Å². The Morgan fingerprint density at radius 2 is 2.24 bits per heavy atom. The van der Waals surface area contributed by atoms with Gasteiger partial charge >= 0.3 is 11.7 Å². The normalized spacial score (nSPS) is 14.6. The molecule has 1 aromatic carbocycles. The first-order chi connectivity index (χ1) is 10.0. The van der Waals surface area contributed by atoms with E-state index < -0.39 is 10.9 Å². The summed E-state index contributed by atoms with van der Waals surface area (Å²) in [5.74, 6) is -0.394. The summed E-state index contributed by atoms with van der Waals surface area (Å²) >= 11 is 0. The van der Waals surface area contributed by atoms with E-state index in [1.807, 2.05) is 11.8 Å². The standard InChI is InChI=1S/C14H18N2O5/c1-2-5-21-13-7-11(3-4-12(13)16(19)20)15-8-10(9-15)6-14(17)18/h3-4,7,10H,2,5-6,8-9H2,1H3,(H,17,18). The van der Waals surface area contributed by atoms with Crippen molar-refractivity contribution in [3.63, 3.8) is 0 Å². The molecule has 7 heteroatoms. The lowest BCUT2D eigenvalue weighted by Gasteiger charge is -2.40. The summed E-state index contributed by atoms with van der Waals surface area (Å²) in [6.07, 6.45) is 0.925. The van der Waals surface area contributed by atoms with E-state index in [-0.39, 0.29) is 23.8 Å². The highest BCUT2D eigenvalue weighted by molar-refractivity contribution is 5.68. The highest BCUT2D eigenvalue weighted by Crippen LogP contribution is 2.34. The molecule has 1 fully saturated rings. The van der Waals surface area contributed by atoms with E-state index in [2.05, 4.69) is 0 Å². The van der Waals surface area contributed by atoms with Crippen LogP contribution >= 0.6 is 0 Å². The van der Waals surface area contributed by atoms with Gasteiger partial charge < -0.3 is 14.7 Å². The van der Waals surface area contributed by atoms with Gasteiger partial charge in [0.05, 0.1) is 18.0 Å². The third kappa shape index (κ3) is 3.62. The number of carbonyl (C=O) groups is 1. The summed E-state index contributed by atoms with van der Waals surface area (Å²) < 4.78 is 5.44. The van der Waals surface area contributed by atoms with Crippen molar-refractivity contribution in [2.24, 2.45) is 5.92 Å². The van der Waals surface area contributed by atoms with Gasteiger partial charge in [0, 0.05) is 36.8 Å². The van der Waals surface area contributed by atoms with Crippen molar-refractivity contribution in [3.8, 4) is 5.75 Å². The average Bonchev–Trinajstić information content (AvgIpc) is 2.39.